The lowest BCUT2D eigenvalue weighted by Gasteiger charge is -2.37. The molecule has 3 heterocycles. The highest BCUT2D eigenvalue weighted by Gasteiger charge is 2.41. The molecule has 0 unspecified atom stereocenters. The van der Waals surface area contributed by atoms with Gasteiger partial charge in [0.25, 0.3) is 5.91 Å². The molecule has 0 radical (unpaired) electrons. The summed E-state index contributed by atoms with van der Waals surface area (Å²) in [6, 6.07) is 5.94. The third-order valence-corrected chi connectivity index (χ3v) is 5.06. The number of likely N-dealkylation sites (tertiary alicyclic amines) is 1. The average molecular weight is 389 g/mol. The molecule has 2 aromatic rings. The number of hydrogen-bond donors (Lipinski definition) is 0. The third kappa shape index (κ3) is 3.74. The van der Waals surface area contributed by atoms with E-state index in [0.717, 1.165) is 6.42 Å². The molecule has 2 saturated heterocycles. The fourth-order valence-electron chi connectivity index (χ4n) is 3.54. The van der Waals surface area contributed by atoms with Crippen molar-refractivity contribution < 1.29 is 23.4 Å². The minimum absolute atomic E-state index is 0.181. The van der Waals surface area contributed by atoms with E-state index in [1.165, 1.54) is 12.1 Å². The number of hydrogen-bond acceptors (Lipinski definition) is 5. The lowest BCUT2D eigenvalue weighted by atomic mass is 10.0. The highest BCUT2D eigenvalue weighted by atomic mass is 19.1. The quantitative estimate of drug-likeness (QED) is 0.787. The van der Waals surface area contributed by atoms with E-state index in [-0.39, 0.29) is 17.4 Å². The maximum Gasteiger partial charge on any atom is 0.278 e. The maximum absolute atomic E-state index is 13.2. The van der Waals surface area contributed by atoms with Crippen molar-refractivity contribution in [3.8, 4) is 11.4 Å². The van der Waals surface area contributed by atoms with Crippen LogP contribution in [0.4, 0.5) is 4.39 Å². The standard InChI is InChI=1S/C20H24FN3O4/c1-2-11-26-17-14-24(16-5-3-15(21)4-6-16)22-18(17)19(25)23-9-7-20(8-10-23)27-12-13-28-20/h3-6,14H,2,7-13H2,1H3. The fourth-order valence-corrected chi connectivity index (χ4v) is 3.54. The Morgan fingerprint density at radius 1 is 1.21 bits per heavy atom. The Labute approximate surface area is 163 Å². The zero-order valence-corrected chi connectivity index (χ0v) is 15.9. The first-order chi connectivity index (χ1) is 13.6. The summed E-state index contributed by atoms with van der Waals surface area (Å²) in [5.41, 5.74) is 0.925. The van der Waals surface area contributed by atoms with E-state index in [1.54, 1.807) is 27.9 Å². The van der Waals surface area contributed by atoms with Crippen LogP contribution >= 0.6 is 0 Å². The molecule has 1 amide bonds. The second-order valence-electron chi connectivity index (χ2n) is 7.01. The molecule has 28 heavy (non-hydrogen) atoms. The van der Waals surface area contributed by atoms with Gasteiger partial charge in [-0.25, -0.2) is 9.07 Å². The highest BCUT2D eigenvalue weighted by molar-refractivity contribution is 5.95. The van der Waals surface area contributed by atoms with Gasteiger partial charge in [-0.2, -0.15) is 5.10 Å². The van der Waals surface area contributed by atoms with Gasteiger partial charge < -0.3 is 19.1 Å². The summed E-state index contributed by atoms with van der Waals surface area (Å²) >= 11 is 0. The van der Waals surface area contributed by atoms with Gasteiger partial charge in [0.15, 0.2) is 17.2 Å². The second-order valence-corrected chi connectivity index (χ2v) is 7.01. The minimum Gasteiger partial charge on any atom is -0.489 e. The first kappa shape index (κ1) is 18.9. The van der Waals surface area contributed by atoms with Crippen molar-refractivity contribution in [2.45, 2.75) is 32.0 Å². The minimum atomic E-state index is -0.536. The van der Waals surface area contributed by atoms with Gasteiger partial charge in [0.1, 0.15) is 5.82 Å². The van der Waals surface area contributed by atoms with Crippen LogP contribution in [0.2, 0.25) is 0 Å². The van der Waals surface area contributed by atoms with Crippen LogP contribution in [0.15, 0.2) is 30.5 Å². The molecule has 4 rings (SSSR count). The molecular formula is C20H24FN3O4. The monoisotopic (exact) mass is 389 g/mol. The van der Waals surface area contributed by atoms with Crippen molar-refractivity contribution in [3.63, 3.8) is 0 Å². The zero-order chi connectivity index (χ0) is 19.6. The zero-order valence-electron chi connectivity index (χ0n) is 15.9. The van der Waals surface area contributed by atoms with Crippen LogP contribution < -0.4 is 4.74 Å². The summed E-state index contributed by atoms with van der Waals surface area (Å²) in [7, 11) is 0. The number of carbonyl (C=O) groups is 1. The van der Waals surface area contributed by atoms with Gasteiger partial charge in [0, 0.05) is 25.9 Å². The molecule has 2 fully saturated rings. The molecule has 1 aromatic heterocycles. The number of amides is 1. The Morgan fingerprint density at radius 2 is 1.89 bits per heavy atom. The van der Waals surface area contributed by atoms with Gasteiger partial charge in [0.05, 0.1) is 31.7 Å². The number of ether oxygens (including phenoxy) is 3. The fraction of sp³-hybridized carbons (Fsp3) is 0.500. The topological polar surface area (TPSA) is 65.8 Å². The van der Waals surface area contributed by atoms with E-state index in [4.69, 9.17) is 14.2 Å². The molecule has 1 aromatic carbocycles. The largest absolute Gasteiger partial charge is 0.489 e. The molecule has 0 saturated carbocycles. The summed E-state index contributed by atoms with van der Waals surface area (Å²) in [5.74, 6) is -0.607. The molecule has 8 heteroatoms. The van der Waals surface area contributed by atoms with Gasteiger partial charge in [-0.1, -0.05) is 6.92 Å². The van der Waals surface area contributed by atoms with E-state index in [9.17, 15) is 9.18 Å². The highest BCUT2D eigenvalue weighted by Crippen LogP contribution is 2.32. The summed E-state index contributed by atoms with van der Waals surface area (Å²) in [6.45, 7) is 4.76. The van der Waals surface area contributed by atoms with Crippen LogP contribution in [0, 0.1) is 5.82 Å². The predicted molar refractivity (Wildman–Crippen MR) is 99.1 cm³/mol. The lowest BCUT2D eigenvalue weighted by Crippen LogP contribution is -2.47. The predicted octanol–water partition coefficient (Wildman–Crippen LogP) is 2.78. The van der Waals surface area contributed by atoms with E-state index in [0.29, 0.717) is 57.2 Å². The second kappa shape index (κ2) is 7.89. The molecule has 0 N–H and O–H groups in total. The molecule has 1 spiro atoms. The molecule has 150 valence electrons. The van der Waals surface area contributed by atoms with E-state index < -0.39 is 5.79 Å². The van der Waals surface area contributed by atoms with Crippen LogP contribution in [-0.2, 0) is 9.47 Å². The summed E-state index contributed by atoms with van der Waals surface area (Å²) in [4.78, 5) is 14.9. The number of aromatic nitrogens is 2. The van der Waals surface area contributed by atoms with Crippen molar-refractivity contribution >= 4 is 5.91 Å². The van der Waals surface area contributed by atoms with Crippen LogP contribution in [0.25, 0.3) is 5.69 Å². The Morgan fingerprint density at radius 3 is 2.54 bits per heavy atom. The number of piperidine rings is 1. The van der Waals surface area contributed by atoms with Crippen molar-refractivity contribution in [1.29, 1.82) is 0 Å². The number of carbonyl (C=O) groups excluding carboxylic acids is 1. The van der Waals surface area contributed by atoms with Gasteiger partial charge in [-0.15, -0.1) is 0 Å². The Bertz CT molecular complexity index is 820. The van der Waals surface area contributed by atoms with Gasteiger partial charge >= 0.3 is 0 Å². The Kier molecular flexibility index (Phi) is 5.32. The molecule has 2 aliphatic heterocycles. The number of benzene rings is 1. The molecule has 0 atom stereocenters. The van der Waals surface area contributed by atoms with Crippen LogP contribution in [0.1, 0.15) is 36.7 Å². The van der Waals surface area contributed by atoms with Crippen LogP contribution in [0.3, 0.4) is 0 Å². The normalized spacial score (nSPS) is 18.6. The molecule has 0 aliphatic carbocycles. The number of rotatable bonds is 5. The molecule has 7 nitrogen and oxygen atoms in total. The maximum atomic E-state index is 13.2. The van der Waals surface area contributed by atoms with Crippen molar-refractivity contribution in [2.75, 3.05) is 32.9 Å². The van der Waals surface area contributed by atoms with E-state index in [1.807, 2.05) is 6.92 Å². The lowest BCUT2D eigenvalue weighted by molar-refractivity contribution is -0.181. The average Bonchev–Trinajstić information content (AvgIpc) is 3.34. The Hall–Kier alpha value is -2.45. The van der Waals surface area contributed by atoms with E-state index >= 15 is 0 Å². The van der Waals surface area contributed by atoms with E-state index in [2.05, 4.69) is 5.10 Å². The van der Waals surface area contributed by atoms with Gasteiger partial charge in [-0.05, 0) is 30.7 Å². The SMILES string of the molecule is CCCOc1cn(-c2ccc(F)cc2)nc1C(=O)N1CCC2(CC1)OCCO2. The first-order valence-corrected chi connectivity index (χ1v) is 9.66. The summed E-state index contributed by atoms with van der Waals surface area (Å²) in [5, 5.41) is 4.44. The van der Waals surface area contributed by atoms with Crippen LogP contribution in [-0.4, -0.2) is 59.3 Å². The van der Waals surface area contributed by atoms with Crippen LogP contribution in [0.5, 0.6) is 5.75 Å². The molecular weight excluding hydrogens is 365 g/mol. The molecule has 0 bridgehead atoms. The number of nitrogens with zero attached hydrogens (tertiary/aromatic N) is 3. The van der Waals surface area contributed by atoms with Gasteiger partial charge in [-0.3, -0.25) is 4.79 Å². The Balaban J connectivity index is 1.55. The summed E-state index contributed by atoms with van der Waals surface area (Å²) < 4.78 is 32.0. The first-order valence-electron chi connectivity index (χ1n) is 9.66. The van der Waals surface area contributed by atoms with Crippen molar-refractivity contribution in [3.05, 3.63) is 42.0 Å². The smallest absolute Gasteiger partial charge is 0.278 e. The molecule has 2 aliphatic rings. The van der Waals surface area contributed by atoms with Gasteiger partial charge in [0.2, 0.25) is 0 Å². The van der Waals surface area contributed by atoms with Crippen molar-refractivity contribution in [1.82, 2.24) is 14.7 Å². The third-order valence-electron chi connectivity index (χ3n) is 5.06. The number of halogens is 1. The summed E-state index contributed by atoms with van der Waals surface area (Å²) in [6.07, 6.45) is 3.77. The van der Waals surface area contributed by atoms with Crippen molar-refractivity contribution in [2.24, 2.45) is 0 Å².